The van der Waals surface area contributed by atoms with Crippen molar-refractivity contribution in [1.29, 1.82) is 0 Å². The first-order valence-electron chi connectivity index (χ1n) is 23.6. The van der Waals surface area contributed by atoms with Gasteiger partial charge in [-0.3, -0.25) is 18.6 Å². The van der Waals surface area contributed by atoms with Gasteiger partial charge in [0, 0.05) is 129 Å². The summed E-state index contributed by atoms with van der Waals surface area (Å²) < 4.78 is 25.8. The van der Waals surface area contributed by atoms with Crippen LogP contribution in [-0.4, -0.2) is 51.9 Å². The van der Waals surface area contributed by atoms with E-state index in [-0.39, 0.29) is 103 Å². The minimum absolute atomic E-state index is 0. The minimum atomic E-state index is -0.990. The molecule has 7 heterocycles. The summed E-state index contributed by atoms with van der Waals surface area (Å²) >= 11 is 1.67. The Kier molecular flexibility index (Phi) is 30.2. The van der Waals surface area contributed by atoms with Crippen LogP contribution in [-0.2, 0) is 85.2 Å². The van der Waals surface area contributed by atoms with E-state index in [4.69, 9.17) is 10.2 Å². The van der Waals surface area contributed by atoms with Crippen molar-refractivity contribution in [1.82, 2.24) is 29.9 Å². The number of aliphatic hydroxyl groups excluding tert-OH is 1. The molecule has 12 rings (SSSR count). The number of carboxylic acids is 1. The molecule has 0 aliphatic heterocycles. The SMILES string of the molecule is CC(=O)C=C(C)O.Fc1c[c-]c(-c2ccccn2)c(F)c1.O=C(O)c1ccccn1.[Ir].[Ir].[Ir].[Ir].[c-]1ccccc1-c1nccc2ccccc12.[c-]1ccsc1-c1nccc2ccccc12.[c-]1cnccc1-c1nccc2ccccc12. The Morgan fingerprint density at radius 3 is 1.48 bits per heavy atom. The summed E-state index contributed by atoms with van der Waals surface area (Å²) in [5.74, 6) is -2.34. The van der Waals surface area contributed by atoms with E-state index in [1.54, 1.807) is 60.3 Å². The molecular formula is C64H46F2Ir4N6O4S-4. The number of fused-ring (bicyclic) bond motifs is 3. The first kappa shape index (κ1) is 67.9. The van der Waals surface area contributed by atoms with E-state index in [1.807, 2.05) is 115 Å². The number of carbonyl (C=O) groups excluding carboxylic acids is 1. The van der Waals surface area contributed by atoms with Crippen LogP contribution in [0.2, 0.25) is 0 Å². The average Bonchev–Trinajstić information content (AvgIpc) is 4.06. The predicted octanol–water partition coefficient (Wildman–Crippen LogP) is 15.2. The maximum atomic E-state index is 13.2. The van der Waals surface area contributed by atoms with Crippen molar-refractivity contribution in [2.45, 2.75) is 13.8 Å². The van der Waals surface area contributed by atoms with Gasteiger partial charge in [-0.1, -0.05) is 108 Å². The second-order valence-electron chi connectivity index (χ2n) is 16.1. The van der Waals surface area contributed by atoms with Gasteiger partial charge in [0.2, 0.25) is 0 Å². The van der Waals surface area contributed by atoms with E-state index in [9.17, 15) is 18.4 Å². The van der Waals surface area contributed by atoms with Crippen LogP contribution in [0.1, 0.15) is 24.3 Å². The third-order valence-corrected chi connectivity index (χ3v) is 11.4. The number of hydrogen-bond donors (Lipinski definition) is 2. The number of rotatable bonds is 6. The topological polar surface area (TPSA) is 152 Å². The molecule has 0 aliphatic carbocycles. The van der Waals surface area contributed by atoms with Crippen molar-refractivity contribution in [3.8, 4) is 44.3 Å². The number of aromatic nitrogens is 6. The zero-order valence-electron chi connectivity index (χ0n) is 42.8. The quantitative estimate of drug-likeness (QED) is 0.0935. The van der Waals surface area contributed by atoms with E-state index in [1.165, 1.54) is 59.1 Å². The molecule has 0 saturated carbocycles. The second kappa shape index (κ2) is 36.1. The number of thiophene rings is 1. The van der Waals surface area contributed by atoms with Gasteiger partial charge in [-0.2, -0.15) is 23.8 Å². The van der Waals surface area contributed by atoms with E-state index >= 15 is 0 Å². The van der Waals surface area contributed by atoms with Gasteiger partial charge in [0.25, 0.3) is 0 Å². The van der Waals surface area contributed by atoms with Crippen molar-refractivity contribution in [2.24, 2.45) is 0 Å². The van der Waals surface area contributed by atoms with Crippen LogP contribution in [0.5, 0.6) is 0 Å². The summed E-state index contributed by atoms with van der Waals surface area (Å²) in [7, 11) is 0. The molecular weight excluding hydrogens is 1760 g/mol. The molecule has 12 aromatic rings. The number of nitrogens with zero attached hydrogens (tertiary/aromatic N) is 6. The van der Waals surface area contributed by atoms with E-state index in [0.717, 1.165) is 50.6 Å². The molecule has 17 heteroatoms. The maximum Gasteiger partial charge on any atom is 0.354 e. The Morgan fingerprint density at radius 1 is 0.519 bits per heavy atom. The molecule has 0 fully saturated rings. The molecule has 2 N–H and O–H groups in total. The van der Waals surface area contributed by atoms with Crippen molar-refractivity contribution >= 4 is 55.4 Å². The maximum absolute atomic E-state index is 13.2. The van der Waals surface area contributed by atoms with Crippen LogP contribution in [0.25, 0.3) is 76.7 Å². The molecule has 0 bridgehead atoms. The van der Waals surface area contributed by atoms with Crippen LogP contribution < -0.4 is 0 Å². The monoisotopic (exact) mass is 1800 g/mol. The van der Waals surface area contributed by atoms with Gasteiger partial charge in [-0.25, -0.2) is 21.1 Å². The number of carboxylic acid groups (broad SMARTS) is 1. The van der Waals surface area contributed by atoms with Crippen LogP contribution in [0.3, 0.4) is 0 Å². The van der Waals surface area contributed by atoms with Gasteiger partial charge in [0.1, 0.15) is 5.69 Å². The zero-order chi connectivity index (χ0) is 54.2. The van der Waals surface area contributed by atoms with Crippen LogP contribution in [0.15, 0.2) is 237 Å². The van der Waals surface area contributed by atoms with Gasteiger partial charge >= 0.3 is 5.97 Å². The fourth-order valence-corrected chi connectivity index (χ4v) is 7.96. The fraction of sp³-hybridized carbons (Fsp3) is 0.0312. The van der Waals surface area contributed by atoms with E-state index < -0.39 is 17.6 Å². The number of aromatic carboxylic acids is 1. The Hall–Kier alpha value is -7.38. The molecule has 10 nitrogen and oxygen atoms in total. The van der Waals surface area contributed by atoms with Gasteiger partial charge in [-0.15, -0.1) is 59.5 Å². The molecule has 7 aromatic heterocycles. The summed E-state index contributed by atoms with van der Waals surface area (Å²) in [5, 5.41) is 25.9. The third kappa shape index (κ3) is 20.9. The Bertz CT molecular complexity index is 3710. The predicted molar refractivity (Wildman–Crippen MR) is 300 cm³/mol. The van der Waals surface area contributed by atoms with Crippen molar-refractivity contribution in [3.63, 3.8) is 0 Å². The molecule has 0 saturated heterocycles. The summed E-state index contributed by atoms with van der Waals surface area (Å²) in [6.07, 6.45) is 13.1. The zero-order valence-corrected chi connectivity index (χ0v) is 53.2. The van der Waals surface area contributed by atoms with Gasteiger partial charge in [0.05, 0.1) is 5.76 Å². The normalized spacial score (nSPS) is 9.85. The van der Waals surface area contributed by atoms with Gasteiger partial charge in [0.15, 0.2) is 5.78 Å². The number of hydrogen-bond acceptors (Lipinski definition) is 10. The Labute approximate surface area is 526 Å². The second-order valence-corrected chi connectivity index (χ2v) is 17.1. The average molecular weight is 1800 g/mol. The Balaban J connectivity index is 0.000000258. The molecule has 0 aliphatic rings. The van der Waals surface area contributed by atoms with Gasteiger partial charge < -0.3 is 30.1 Å². The van der Waals surface area contributed by atoms with E-state index in [0.29, 0.717) is 5.69 Å². The molecule has 0 atom stereocenters. The number of benzene rings is 5. The molecule has 4 radical (unpaired) electrons. The van der Waals surface area contributed by atoms with Gasteiger partial charge in [-0.05, 0) is 118 Å². The summed E-state index contributed by atoms with van der Waals surface area (Å²) in [6, 6.07) is 66.5. The molecule has 416 valence electrons. The molecule has 5 aromatic carbocycles. The van der Waals surface area contributed by atoms with Crippen molar-refractivity contribution in [3.05, 3.63) is 278 Å². The summed E-state index contributed by atoms with van der Waals surface area (Å²) in [5.41, 5.74) is 5.72. The van der Waals surface area contributed by atoms with Crippen molar-refractivity contribution < 1.29 is 109 Å². The molecule has 0 amide bonds. The first-order chi connectivity index (χ1) is 37.5. The number of ketones is 1. The Morgan fingerprint density at radius 2 is 1.05 bits per heavy atom. The minimum Gasteiger partial charge on any atom is -0.512 e. The number of pyridine rings is 6. The summed E-state index contributed by atoms with van der Waals surface area (Å²) in [4.78, 5) is 46.0. The molecule has 0 unspecified atom stereocenters. The number of halogens is 2. The number of carbonyl (C=O) groups is 2. The smallest absolute Gasteiger partial charge is 0.354 e. The van der Waals surface area contributed by atoms with Crippen LogP contribution >= 0.6 is 11.3 Å². The van der Waals surface area contributed by atoms with Crippen LogP contribution in [0.4, 0.5) is 8.78 Å². The van der Waals surface area contributed by atoms with Crippen molar-refractivity contribution in [2.75, 3.05) is 0 Å². The third-order valence-electron chi connectivity index (χ3n) is 10.6. The molecule has 81 heavy (non-hydrogen) atoms. The first-order valence-corrected chi connectivity index (χ1v) is 24.5. The fourth-order valence-electron chi connectivity index (χ4n) is 7.28. The van der Waals surface area contributed by atoms with Crippen LogP contribution in [0, 0.1) is 35.9 Å². The summed E-state index contributed by atoms with van der Waals surface area (Å²) in [6.45, 7) is 2.85. The van der Waals surface area contributed by atoms with E-state index in [2.05, 4.69) is 90.6 Å². The standard InChI is InChI=1S/C15H10N.C14H9N2.C13H8NS.C11H6F2N.C6H5NO2.C5H8O2.4Ir/c1-2-7-13(8-3-1)15-14-9-5-4-6-12(14)10-11-16-15;1-2-4-13-11(3-1)7-10-16-14(13)12-5-8-15-9-6-12;1-2-5-11-10(4-1)7-8-14-13(11)12-6-3-9-15-12;12-8-4-5-9(10(13)7-8)11-3-1-2-6-14-11;8-6(9)5-3-1-2-4-7-5;1-4(6)3-5(2)7;;;;/h1-7,9-11H;1-5,7-10H;1-5,7-9H;1-4,6-7H;1-4H,(H,8,9);3,6H,1-2H3;;;;/q4*-1;;;;;;. The number of allylic oxidation sites excluding steroid dienone is 2. The largest absolute Gasteiger partial charge is 0.512 e. The molecule has 0 spiro atoms. The number of aliphatic hydroxyl groups is 1.